The molecule has 0 N–H and O–H groups in total. The van der Waals surface area contributed by atoms with E-state index in [0.29, 0.717) is 0 Å². The highest BCUT2D eigenvalue weighted by atomic mass is 28.3. The van der Waals surface area contributed by atoms with Gasteiger partial charge in [-0.05, 0) is 29.0 Å². The van der Waals surface area contributed by atoms with Crippen LogP contribution in [0.15, 0.2) is 72.9 Å². The summed E-state index contributed by atoms with van der Waals surface area (Å²) < 4.78 is 20.6. The molecule has 2 aromatic heterocycles. The highest BCUT2D eigenvalue weighted by Gasteiger charge is 2.24. The van der Waals surface area contributed by atoms with Gasteiger partial charge in [0.1, 0.15) is 0 Å². The Labute approximate surface area is 195 Å². The van der Waals surface area contributed by atoms with E-state index in [1.165, 1.54) is 16.0 Å². The standard InChI is InChI=1S/C28H32N2Si2/c1-31(2,3)19-30-25-14-10-9-13-23(25)24-15-16-29-27(28(24)30)21-17-20-11-7-8-12-22(20)26(18-21)32(4,5)6/h7-18H,19H2,1-6H3/i19D2. The number of hydrogen-bond donors (Lipinski definition) is 0. The third-order valence-electron chi connectivity index (χ3n) is 5.97. The Bertz CT molecular complexity index is 1560. The zero-order valence-corrected chi connectivity index (χ0v) is 21.8. The molecule has 0 aliphatic carbocycles. The average molecular weight is 455 g/mol. The Kier molecular flexibility index (Phi) is 4.37. The quantitative estimate of drug-likeness (QED) is 0.258. The number of hydrogen-bond acceptors (Lipinski definition) is 1. The van der Waals surface area contributed by atoms with Crippen LogP contribution in [0.4, 0.5) is 0 Å². The first kappa shape index (κ1) is 18.8. The van der Waals surface area contributed by atoms with Crippen molar-refractivity contribution in [1.29, 1.82) is 0 Å². The summed E-state index contributed by atoms with van der Waals surface area (Å²) >= 11 is 0. The van der Waals surface area contributed by atoms with Gasteiger partial charge >= 0.3 is 0 Å². The number of pyridine rings is 1. The monoisotopic (exact) mass is 454 g/mol. The second kappa shape index (κ2) is 7.43. The predicted octanol–water partition coefficient (Wildman–Crippen LogP) is 7.43. The average Bonchev–Trinajstić information content (AvgIpc) is 3.12. The van der Waals surface area contributed by atoms with Gasteiger partial charge in [0, 0.05) is 36.9 Å². The lowest BCUT2D eigenvalue weighted by molar-refractivity contribution is 0.933. The van der Waals surface area contributed by atoms with E-state index < -0.39 is 22.3 Å². The Hall–Kier alpha value is -2.70. The molecule has 32 heavy (non-hydrogen) atoms. The first-order valence-electron chi connectivity index (χ1n) is 12.3. The van der Waals surface area contributed by atoms with Gasteiger partial charge in [-0.3, -0.25) is 4.98 Å². The summed E-state index contributed by atoms with van der Waals surface area (Å²) in [5, 5.41) is 6.08. The maximum absolute atomic E-state index is 9.30. The van der Waals surface area contributed by atoms with E-state index in [0.717, 1.165) is 33.1 Å². The van der Waals surface area contributed by atoms with Crippen molar-refractivity contribution < 1.29 is 2.74 Å². The second-order valence-electron chi connectivity index (χ2n) is 10.8. The van der Waals surface area contributed by atoms with Crippen molar-refractivity contribution in [2.24, 2.45) is 0 Å². The normalized spacial score (nSPS) is 14.2. The molecule has 0 fully saturated rings. The van der Waals surface area contributed by atoms with Gasteiger partial charge in [0.2, 0.25) is 0 Å². The van der Waals surface area contributed by atoms with Crippen LogP contribution in [-0.4, -0.2) is 25.7 Å². The van der Waals surface area contributed by atoms with Crippen molar-refractivity contribution in [3.63, 3.8) is 0 Å². The highest BCUT2D eigenvalue weighted by molar-refractivity contribution is 6.90. The Morgan fingerprint density at radius 2 is 1.50 bits per heavy atom. The molecule has 4 heteroatoms. The van der Waals surface area contributed by atoms with Crippen LogP contribution >= 0.6 is 0 Å². The number of aromatic nitrogens is 2. The lowest BCUT2D eigenvalue weighted by Gasteiger charge is -2.22. The molecule has 0 aliphatic rings. The van der Waals surface area contributed by atoms with Crippen LogP contribution in [0.1, 0.15) is 2.74 Å². The predicted molar refractivity (Wildman–Crippen MR) is 147 cm³/mol. The van der Waals surface area contributed by atoms with E-state index in [1.54, 1.807) is 0 Å². The molecule has 0 unspecified atom stereocenters. The summed E-state index contributed by atoms with van der Waals surface area (Å²) in [7, 11) is -3.90. The number of rotatable bonds is 4. The Morgan fingerprint density at radius 3 is 2.22 bits per heavy atom. The smallest absolute Gasteiger partial charge is 0.0945 e. The van der Waals surface area contributed by atoms with Crippen molar-refractivity contribution in [1.82, 2.24) is 9.55 Å². The number of nitrogens with zero attached hydrogens (tertiary/aromatic N) is 2. The molecular weight excluding hydrogens is 420 g/mol. The van der Waals surface area contributed by atoms with Gasteiger partial charge < -0.3 is 4.57 Å². The van der Waals surface area contributed by atoms with E-state index >= 15 is 0 Å². The van der Waals surface area contributed by atoms with Crippen molar-refractivity contribution in [3.05, 3.63) is 72.9 Å². The SMILES string of the molecule is [2H]C([2H])(n1c2ccccc2c2ccnc(-c3cc([Si](C)(C)C)c4ccccc4c3)c21)[Si](C)(C)C. The van der Waals surface area contributed by atoms with Gasteiger partial charge in [-0.1, -0.05) is 93.0 Å². The van der Waals surface area contributed by atoms with E-state index in [-0.39, 0.29) is 0 Å². The summed E-state index contributed by atoms with van der Waals surface area (Å²) in [5.41, 5.74) is 3.76. The second-order valence-corrected chi connectivity index (χ2v) is 20.5. The fourth-order valence-electron chi connectivity index (χ4n) is 4.65. The molecular formula is C28H32N2Si2. The minimum atomic E-state index is -2.26. The Balaban J connectivity index is 1.95. The molecule has 0 bridgehead atoms. The maximum Gasteiger partial charge on any atom is 0.0945 e. The summed E-state index contributed by atoms with van der Waals surface area (Å²) in [6.45, 7) is 13.4. The maximum atomic E-state index is 9.30. The molecule has 5 aromatic rings. The molecule has 2 nitrogen and oxygen atoms in total. The zero-order valence-electron chi connectivity index (χ0n) is 21.8. The van der Waals surface area contributed by atoms with Gasteiger partial charge in [0.25, 0.3) is 0 Å². The van der Waals surface area contributed by atoms with Crippen LogP contribution in [0.5, 0.6) is 0 Å². The van der Waals surface area contributed by atoms with Crippen LogP contribution in [0, 0.1) is 0 Å². The first-order valence-corrected chi connectivity index (χ1v) is 18.3. The van der Waals surface area contributed by atoms with Gasteiger partial charge in [0.05, 0.1) is 27.4 Å². The lowest BCUT2D eigenvalue weighted by atomic mass is 10.0. The fourth-order valence-corrected chi connectivity index (χ4v) is 7.17. The molecule has 0 aliphatic heterocycles. The molecule has 5 rings (SSSR count). The van der Waals surface area contributed by atoms with Crippen molar-refractivity contribution in [2.45, 2.75) is 45.4 Å². The van der Waals surface area contributed by atoms with Crippen LogP contribution in [0.2, 0.25) is 39.3 Å². The minimum absolute atomic E-state index is 0.862. The molecule has 162 valence electrons. The summed E-state index contributed by atoms with van der Waals surface area (Å²) in [5.74, 6) is 0. The summed E-state index contributed by atoms with van der Waals surface area (Å²) in [6.07, 6.45) is 0.395. The fraction of sp³-hybridized carbons (Fsp3) is 0.250. The lowest BCUT2D eigenvalue weighted by Crippen LogP contribution is -2.38. The van der Waals surface area contributed by atoms with Gasteiger partial charge in [-0.2, -0.15) is 0 Å². The molecule has 2 heterocycles. The van der Waals surface area contributed by atoms with Crippen molar-refractivity contribution >= 4 is 53.9 Å². The van der Waals surface area contributed by atoms with Crippen LogP contribution < -0.4 is 5.19 Å². The van der Waals surface area contributed by atoms with Gasteiger partial charge in [-0.15, -0.1) is 0 Å². The Morgan fingerprint density at radius 1 is 0.812 bits per heavy atom. The van der Waals surface area contributed by atoms with E-state index in [9.17, 15) is 2.74 Å². The topological polar surface area (TPSA) is 17.8 Å². The van der Waals surface area contributed by atoms with Crippen LogP contribution in [-0.2, 0) is 6.12 Å². The molecule has 3 aromatic carbocycles. The van der Waals surface area contributed by atoms with E-state index in [2.05, 4.69) is 81.7 Å². The minimum Gasteiger partial charge on any atom is -0.342 e. The molecule has 0 saturated heterocycles. The third kappa shape index (κ3) is 3.61. The van der Waals surface area contributed by atoms with E-state index in [1.807, 2.05) is 35.0 Å². The van der Waals surface area contributed by atoms with Gasteiger partial charge in [0.15, 0.2) is 0 Å². The summed E-state index contributed by atoms with van der Waals surface area (Å²) in [4.78, 5) is 4.90. The molecule has 0 spiro atoms. The van der Waals surface area contributed by atoms with Crippen molar-refractivity contribution in [2.75, 3.05) is 0 Å². The summed E-state index contributed by atoms with van der Waals surface area (Å²) in [6, 6.07) is 23.4. The third-order valence-corrected chi connectivity index (χ3v) is 8.90. The van der Waals surface area contributed by atoms with Crippen LogP contribution in [0.3, 0.4) is 0 Å². The number of fused-ring (bicyclic) bond motifs is 4. The zero-order chi connectivity index (χ0) is 24.5. The first-order chi connectivity index (χ1) is 15.9. The molecule has 0 radical (unpaired) electrons. The highest BCUT2D eigenvalue weighted by Crippen LogP contribution is 2.36. The van der Waals surface area contributed by atoms with Gasteiger partial charge in [-0.25, -0.2) is 0 Å². The molecule has 0 atom stereocenters. The molecule has 0 saturated carbocycles. The number of para-hydroxylation sites is 1. The molecule has 0 amide bonds. The largest absolute Gasteiger partial charge is 0.342 e. The van der Waals surface area contributed by atoms with Crippen LogP contribution in [0.25, 0.3) is 43.8 Å². The van der Waals surface area contributed by atoms with E-state index in [4.69, 9.17) is 4.98 Å². The van der Waals surface area contributed by atoms with Crippen molar-refractivity contribution in [3.8, 4) is 11.3 Å². The number of benzene rings is 3.